The fraction of sp³-hybridized carbons (Fsp3) is 0.320. The van der Waals surface area contributed by atoms with Gasteiger partial charge in [0.2, 0.25) is 0 Å². The Bertz CT molecular complexity index is 1100. The zero-order valence-electron chi connectivity index (χ0n) is 18.5. The number of nitrogens with one attached hydrogen (secondary N) is 2. The molecule has 1 heterocycles. The number of fused-ring (bicyclic) bond motifs is 1. The molecule has 2 N–H and O–H groups in total. The molecule has 0 aliphatic rings. The van der Waals surface area contributed by atoms with Crippen LogP contribution in [-0.2, 0) is 0 Å². The van der Waals surface area contributed by atoms with Crippen molar-refractivity contribution in [2.24, 2.45) is 0 Å². The van der Waals surface area contributed by atoms with E-state index in [9.17, 15) is 5.26 Å². The van der Waals surface area contributed by atoms with Crippen LogP contribution in [-0.4, -0.2) is 30.5 Å². The average molecular weight is 435 g/mol. The Kier molecular flexibility index (Phi) is 8.05. The van der Waals surface area contributed by atoms with Crippen LogP contribution in [0.5, 0.6) is 5.75 Å². The summed E-state index contributed by atoms with van der Waals surface area (Å²) in [6.07, 6.45) is 5.93. The number of ether oxygens (including phenoxy) is 1. The predicted octanol–water partition coefficient (Wildman–Crippen LogP) is 5.83. The fourth-order valence-electron chi connectivity index (χ4n) is 3.50. The first-order chi connectivity index (χ1) is 15.1. The van der Waals surface area contributed by atoms with Crippen LogP contribution >= 0.6 is 11.9 Å². The van der Waals surface area contributed by atoms with Crippen LogP contribution in [0.15, 0.2) is 54.7 Å². The van der Waals surface area contributed by atoms with E-state index in [4.69, 9.17) is 4.74 Å². The van der Waals surface area contributed by atoms with Gasteiger partial charge in [0.25, 0.3) is 0 Å². The van der Waals surface area contributed by atoms with E-state index < -0.39 is 0 Å². The van der Waals surface area contributed by atoms with Gasteiger partial charge >= 0.3 is 0 Å². The first-order valence-electron chi connectivity index (χ1n) is 10.5. The van der Waals surface area contributed by atoms with Gasteiger partial charge in [0.1, 0.15) is 11.8 Å². The van der Waals surface area contributed by atoms with E-state index in [0.717, 1.165) is 53.8 Å². The van der Waals surface area contributed by atoms with E-state index in [1.165, 1.54) is 5.57 Å². The van der Waals surface area contributed by atoms with Gasteiger partial charge in [0, 0.05) is 36.0 Å². The molecule has 6 heteroatoms. The first-order valence-corrected chi connectivity index (χ1v) is 11.7. The lowest BCUT2D eigenvalue weighted by Gasteiger charge is -2.14. The lowest BCUT2D eigenvalue weighted by atomic mass is 10.1. The van der Waals surface area contributed by atoms with Crippen molar-refractivity contribution in [3.63, 3.8) is 0 Å². The molecule has 0 bridgehead atoms. The maximum absolute atomic E-state index is 9.63. The highest BCUT2D eigenvalue weighted by atomic mass is 32.2. The van der Waals surface area contributed by atoms with Crippen molar-refractivity contribution >= 4 is 28.5 Å². The molecule has 0 saturated heterocycles. The summed E-state index contributed by atoms with van der Waals surface area (Å²) in [5, 5.41) is 14.2. The van der Waals surface area contributed by atoms with E-state index in [-0.39, 0.29) is 0 Å². The third-order valence-corrected chi connectivity index (χ3v) is 5.56. The number of rotatable bonds is 11. The molecule has 5 nitrogen and oxygen atoms in total. The molecule has 3 rings (SSSR count). The van der Waals surface area contributed by atoms with Crippen LogP contribution in [0.3, 0.4) is 0 Å². The maximum Gasteiger partial charge on any atom is 0.140 e. The third kappa shape index (κ3) is 5.63. The van der Waals surface area contributed by atoms with Crippen molar-refractivity contribution in [1.82, 2.24) is 9.29 Å². The minimum absolute atomic E-state index is 0.568. The number of benzene rings is 2. The highest BCUT2D eigenvalue weighted by molar-refractivity contribution is 7.96. The summed E-state index contributed by atoms with van der Waals surface area (Å²) in [4.78, 5) is 0. The van der Waals surface area contributed by atoms with Crippen LogP contribution in [0.4, 0.5) is 5.69 Å². The Hall–Kier alpha value is -2.88. The number of hydrogen-bond donors (Lipinski definition) is 2. The topological polar surface area (TPSA) is 62.0 Å². The zero-order valence-corrected chi connectivity index (χ0v) is 19.3. The summed E-state index contributed by atoms with van der Waals surface area (Å²) < 4.78 is 11.2. The largest absolute Gasteiger partial charge is 0.492 e. The van der Waals surface area contributed by atoms with Gasteiger partial charge in [-0.2, -0.15) is 5.26 Å². The number of nitrogens with zero attached hydrogens (tertiary/aromatic N) is 2. The second kappa shape index (κ2) is 10.9. The van der Waals surface area contributed by atoms with E-state index in [1.54, 1.807) is 11.9 Å². The molecule has 0 saturated carbocycles. The summed E-state index contributed by atoms with van der Waals surface area (Å²) in [6, 6.07) is 14.7. The van der Waals surface area contributed by atoms with Crippen molar-refractivity contribution < 1.29 is 4.74 Å². The van der Waals surface area contributed by atoms with Crippen LogP contribution in [0.25, 0.3) is 16.6 Å². The monoisotopic (exact) mass is 434 g/mol. The van der Waals surface area contributed by atoms with Crippen molar-refractivity contribution in [3.05, 3.63) is 65.9 Å². The molecule has 0 aliphatic heterocycles. The lowest BCUT2D eigenvalue weighted by molar-refractivity contribution is 0.314. The lowest BCUT2D eigenvalue weighted by Crippen LogP contribution is -2.10. The van der Waals surface area contributed by atoms with E-state index >= 15 is 0 Å². The minimum atomic E-state index is 0.568. The van der Waals surface area contributed by atoms with E-state index in [2.05, 4.69) is 64.5 Å². The second-order valence-corrected chi connectivity index (χ2v) is 8.21. The van der Waals surface area contributed by atoms with Gasteiger partial charge in [0.05, 0.1) is 17.7 Å². The molecule has 3 aromatic rings. The van der Waals surface area contributed by atoms with Crippen LogP contribution in [0.1, 0.15) is 30.9 Å². The Morgan fingerprint density at radius 1 is 1.26 bits per heavy atom. The minimum Gasteiger partial charge on any atom is -0.492 e. The maximum atomic E-state index is 9.63. The van der Waals surface area contributed by atoms with Gasteiger partial charge in [-0.3, -0.25) is 4.72 Å². The van der Waals surface area contributed by atoms with Gasteiger partial charge in [-0.25, -0.2) is 0 Å². The number of aromatic nitrogens is 1. The van der Waals surface area contributed by atoms with Crippen LogP contribution in [0.2, 0.25) is 0 Å². The van der Waals surface area contributed by atoms with Gasteiger partial charge in [-0.1, -0.05) is 31.0 Å². The Balaban J connectivity index is 1.80. The SMILES string of the molecule is C=C(CCNSC)CNc1ccc2c(ccn2-c2cc(C)c(OCCC)c(C#N)c2)c1. The highest BCUT2D eigenvalue weighted by Gasteiger charge is 2.12. The number of nitriles is 1. The molecule has 0 atom stereocenters. The summed E-state index contributed by atoms with van der Waals surface area (Å²) in [6.45, 7) is 10.5. The zero-order chi connectivity index (χ0) is 22.2. The number of aryl methyl sites for hydroxylation is 1. The van der Waals surface area contributed by atoms with Gasteiger partial charge in [0.15, 0.2) is 0 Å². The molecular formula is C25H30N4OS. The molecule has 0 amide bonds. The van der Waals surface area contributed by atoms with Crippen molar-refractivity contribution in [1.29, 1.82) is 5.26 Å². The van der Waals surface area contributed by atoms with Gasteiger partial charge < -0.3 is 14.6 Å². The quantitative estimate of drug-likeness (QED) is 0.226. The Morgan fingerprint density at radius 3 is 2.84 bits per heavy atom. The molecular weight excluding hydrogens is 404 g/mol. The Morgan fingerprint density at radius 2 is 2.10 bits per heavy atom. The van der Waals surface area contributed by atoms with E-state index in [0.29, 0.717) is 17.9 Å². The second-order valence-electron chi connectivity index (χ2n) is 7.51. The van der Waals surface area contributed by atoms with Crippen molar-refractivity contribution in [3.8, 4) is 17.5 Å². The summed E-state index contributed by atoms with van der Waals surface area (Å²) in [7, 11) is 0. The highest BCUT2D eigenvalue weighted by Crippen LogP contribution is 2.30. The summed E-state index contributed by atoms with van der Waals surface area (Å²) >= 11 is 1.63. The molecule has 0 aliphatic carbocycles. The standard InChI is InChI=1S/C25H30N4OS/c1-5-12-30-25-19(3)13-23(15-21(25)16-26)29-11-9-20-14-22(6-7-24(20)29)27-17-18(2)8-10-28-31-4/h6-7,9,11,13-15,27-28H,2,5,8,10,12,17H2,1,3-4H3. The predicted molar refractivity (Wildman–Crippen MR) is 132 cm³/mol. The molecule has 1 aromatic heterocycles. The summed E-state index contributed by atoms with van der Waals surface area (Å²) in [5.74, 6) is 0.684. The van der Waals surface area contributed by atoms with Crippen molar-refractivity contribution in [2.75, 3.05) is 31.3 Å². The number of hydrogen-bond acceptors (Lipinski definition) is 5. The normalized spacial score (nSPS) is 10.8. The molecule has 162 valence electrons. The smallest absolute Gasteiger partial charge is 0.140 e. The molecule has 0 spiro atoms. The average Bonchev–Trinajstić information content (AvgIpc) is 3.20. The van der Waals surface area contributed by atoms with Gasteiger partial charge in [-0.15, -0.1) is 0 Å². The summed E-state index contributed by atoms with van der Waals surface area (Å²) in [5.41, 5.74) is 5.84. The molecule has 0 unspecified atom stereocenters. The van der Waals surface area contributed by atoms with E-state index in [1.807, 2.05) is 25.4 Å². The van der Waals surface area contributed by atoms with Crippen LogP contribution < -0.4 is 14.8 Å². The molecule has 2 aromatic carbocycles. The third-order valence-electron chi connectivity index (χ3n) is 5.07. The van der Waals surface area contributed by atoms with Gasteiger partial charge in [-0.05, 0) is 68.0 Å². The fourth-order valence-corrected chi connectivity index (χ4v) is 3.80. The van der Waals surface area contributed by atoms with Crippen molar-refractivity contribution in [2.45, 2.75) is 26.7 Å². The first kappa shape index (κ1) is 22.8. The molecule has 31 heavy (non-hydrogen) atoms. The Labute approximate surface area is 189 Å². The molecule has 0 radical (unpaired) electrons. The number of anilines is 1. The molecule has 0 fully saturated rings. The van der Waals surface area contributed by atoms with Crippen LogP contribution in [0, 0.1) is 18.3 Å².